The molecule has 3 N–H and O–H groups in total. The van der Waals surface area contributed by atoms with Crippen molar-refractivity contribution in [2.75, 3.05) is 10.6 Å². The minimum atomic E-state index is -0.753. The molecular weight excluding hydrogens is 478 g/mol. The van der Waals surface area contributed by atoms with E-state index in [0.29, 0.717) is 5.01 Å². The van der Waals surface area contributed by atoms with Gasteiger partial charge in [0, 0.05) is 10.9 Å². The molecule has 0 fully saturated rings. The second kappa shape index (κ2) is 9.88. The lowest BCUT2D eigenvalue weighted by atomic mass is 10.2. The summed E-state index contributed by atoms with van der Waals surface area (Å²) in [5, 5.41) is 2.22. The fraction of sp³-hybridized carbons (Fsp3) is 0.0769. The second-order valence-corrected chi connectivity index (χ2v) is 8.85. The smallest absolute Gasteiger partial charge is 0.330 e. The number of thiazole rings is 1. The van der Waals surface area contributed by atoms with E-state index in [9.17, 15) is 14.4 Å². The van der Waals surface area contributed by atoms with E-state index in [0.717, 1.165) is 16.7 Å². The lowest BCUT2D eigenvalue weighted by Crippen LogP contribution is -2.41. The topological polar surface area (TPSA) is 127 Å². The lowest BCUT2D eigenvalue weighted by molar-refractivity contribution is 0.0980. The Balaban J connectivity index is 1.60. The van der Waals surface area contributed by atoms with Gasteiger partial charge in [0.25, 0.3) is 11.5 Å². The number of aromatic nitrogens is 3. The predicted octanol–water partition coefficient (Wildman–Crippen LogP) is 3.73. The van der Waals surface area contributed by atoms with Crippen molar-refractivity contribution in [2.24, 2.45) is 0 Å². The van der Waals surface area contributed by atoms with Crippen LogP contribution in [0, 0.1) is 0 Å². The van der Waals surface area contributed by atoms with Gasteiger partial charge in [-0.3, -0.25) is 24.0 Å². The number of anilines is 2. The SMILES string of the molecule is Nc1c(N(Cc2ccccc2)C(=O)c2csc(-c3ccoc3)n2)c(=O)[nH]c(=O)n1Cc1ccccc1. The number of hydrogen-bond acceptors (Lipinski definition) is 7. The number of hydrogen-bond donors (Lipinski definition) is 2. The van der Waals surface area contributed by atoms with Crippen LogP contribution in [0.3, 0.4) is 0 Å². The van der Waals surface area contributed by atoms with Gasteiger partial charge in [0.05, 0.1) is 19.4 Å². The van der Waals surface area contributed by atoms with Crippen LogP contribution in [0.15, 0.2) is 98.6 Å². The van der Waals surface area contributed by atoms with E-state index in [-0.39, 0.29) is 30.3 Å². The zero-order valence-corrected chi connectivity index (χ0v) is 19.8. The number of furan rings is 1. The predicted molar refractivity (Wildman–Crippen MR) is 138 cm³/mol. The van der Waals surface area contributed by atoms with Crippen LogP contribution in [-0.2, 0) is 13.1 Å². The van der Waals surface area contributed by atoms with Crippen molar-refractivity contribution >= 4 is 28.7 Å². The Morgan fingerprint density at radius 1 is 1.03 bits per heavy atom. The van der Waals surface area contributed by atoms with Gasteiger partial charge < -0.3 is 10.2 Å². The van der Waals surface area contributed by atoms with Gasteiger partial charge in [-0.2, -0.15) is 0 Å². The Morgan fingerprint density at radius 3 is 2.39 bits per heavy atom. The fourth-order valence-corrected chi connectivity index (χ4v) is 4.59. The molecule has 0 bridgehead atoms. The largest absolute Gasteiger partial charge is 0.472 e. The van der Waals surface area contributed by atoms with Crippen LogP contribution in [-0.4, -0.2) is 20.4 Å². The molecule has 2 aromatic carbocycles. The molecule has 180 valence electrons. The Labute approximate surface area is 209 Å². The van der Waals surface area contributed by atoms with Crippen molar-refractivity contribution in [3.05, 3.63) is 122 Å². The first-order chi connectivity index (χ1) is 17.5. The molecule has 0 radical (unpaired) electrons. The molecule has 0 aliphatic heterocycles. The molecule has 3 aromatic heterocycles. The molecule has 5 aromatic rings. The molecule has 5 rings (SSSR count). The van der Waals surface area contributed by atoms with Crippen molar-refractivity contribution in [3.63, 3.8) is 0 Å². The molecule has 0 aliphatic carbocycles. The minimum absolute atomic E-state index is 0.0507. The van der Waals surface area contributed by atoms with E-state index < -0.39 is 17.2 Å². The normalized spacial score (nSPS) is 10.9. The van der Waals surface area contributed by atoms with Crippen LogP contribution < -0.4 is 21.9 Å². The van der Waals surface area contributed by atoms with Crippen LogP contribution >= 0.6 is 11.3 Å². The summed E-state index contributed by atoms with van der Waals surface area (Å²) in [7, 11) is 0. The maximum Gasteiger partial charge on any atom is 0.330 e. The molecule has 36 heavy (non-hydrogen) atoms. The summed E-state index contributed by atoms with van der Waals surface area (Å²) in [6.45, 7) is 0.180. The van der Waals surface area contributed by atoms with Crippen LogP contribution in [0.4, 0.5) is 11.5 Å². The molecule has 0 unspecified atom stereocenters. The number of nitrogens with one attached hydrogen (secondary N) is 1. The van der Waals surface area contributed by atoms with Crippen molar-refractivity contribution in [1.29, 1.82) is 0 Å². The third kappa shape index (κ3) is 4.62. The maximum atomic E-state index is 13.7. The molecule has 9 nitrogen and oxygen atoms in total. The van der Waals surface area contributed by atoms with Gasteiger partial charge in [-0.05, 0) is 17.2 Å². The zero-order valence-electron chi connectivity index (χ0n) is 19.0. The van der Waals surface area contributed by atoms with Gasteiger partial charge in [0.15, 0.2) is 5.69 Å². The molecule has 10 heteroatoms. The number of carbonyl (C=O) groups is 1. The highest BCUT2D eigenvalue weighted by molar-refractivity contribution is 7.13. The average molecular weight is 500 g/mol. The number of H-pyrrole nitrogens is 1. The summed E-state index contributed by atoms with van der Waals surface area (Å²) in [5.74, 6) is -0.630. The summed E-state index contributed by atoms with van der Waals surface area (Å²) in [6, 6.07) is 20.2. The Bertz CT molecular complexity index is 1610. The molecule has 3 heterocycles. The quantitative estimate of drug-likeness (QED) is 0.351. The summed E-state index contributed by atoms with van der Waals surface area (Å²) in [4.78, 5) is 47.5. The van der Waals surface area contributed by atoms with E-state index in [1.807, 2.05) is 60.7 Å². The Morgan fingerprint density at radius 2 is 1.72 bits per heavy atom. The number of nitrogens with zero attached hydrogens (tertiary/aromatic N) is 3. The molecule has 0 saturated carbocycles. The number of rotatable bonds is 7. The standard InChI is InChI=1S/C26H21N5O4S/c27-22-21(23(32)29-26(34)31(22)14-18-9-5-2-6-10-18)30(13-17-7-3-1-4-8-17)25(33)20-16-36-24(28-20)19-11-12-35-15-19/h1-12,15-16H,13-14,27H2,(H,29,32,34). The van der Waals surface area contributed by atoms with Crippen LogP contribution in [0.1, 0.15) is 21.6 Å². The fourth-order valence-electron chi connectivity index (χ4n) is 3.81. The van der Waals surface area contributed by atoms with Crippen molar-refractivity contribution in [1.82, 2.24) is 14.5 Å². The van der Waals surface area contributed by atoms with Crippen molar-refractivity contribution in [2.45, 2.75) is 13.1 Å². The number of carbonyl (C=O) groups excluding carboxylic acids is 1. The molecule has 0 spiro atoms. The zero-order chi connectivity index (χ0) is 25.1. The van der Waals surface area contributed by atoms with E-state index >= 15 is 0 Å². The number of benzene rings is 2. The van der Waals surface area contributed by atoms with Crippen LogP contribution in [0.5, 0.6) is 0 Å². The third-order valence-corrected chi connectivity index (χ3v) is 6.48. The summed E-state index contributed by atoms with van der Waals surface area (Å²) in [5.41, 5.74) is 7.35. The lowest BCUT2D eigenvalue weighted by Gasteiger charge is -2.24. The van der Waals surface area contributed by atoms with E-state index in [2.05, 4.69) is 9.97 Å². The molecule has 0 saturated heterocycles. The molecule has 1 amide bonds. The molecule has 0 atom stereocenters. The molecule has 0 aliphatic rings. The van der Waals surface area contributed by atoms with E-state index in [1.54, 1.807) is 11.4 Å². The average Bonchev–Trinajstić information content (AvgIpc) is 3.59. The van der Waals surface area contributed by atoms with Gasteiger partial charge in [0.2, 0.25) is 0 Å². The number of aromatic amines is 1. The first-order valence-corrected chi connectivity index (χ1v) is 11.9. The van der Waals surface area contributed by atoms with Gasteiger partial charge >= 0.3 is 5.69 Å². The molecular formula is C26H21N5O4S. The van der Waals surface area contributed by atoms with Gasteiger partial charge in [-0.25, -0.2) is 9.78 Å². The number of nitrogen functional groups attached to an aromatic ring is 1. The highest BCUT2D eigenvalue weighted by Crippen LogP contribution is 2.27. The van der Waals surface area contributed by atoms with E-state index in [1.165, 1.54) is 33.3 Å². The summed E-state index contributed by atoms with van der Waals surface area (Å²) >= 11 is 1.28. The third-order valence-electron chi connectivity index (χ3n) is 5.59. The minimum Gasteiger partial charge on any atom is -0.472 e. The van der Waals surface area contributed by atoms with Gasteiger partial charge in [-0.1, -0.05) is 60.7 Å². The highest BCUT2D eigenvalue weighted by atomic mass is 32.1. The van der Waals surface area contributed by atoms with Crippen molar-refractivity contribution in [3.8, 4) is 10.6 Å². The first kappa shape index (κ1) is 23.1. The Hall–Kier alpha value is -4.70. The first-order valence-electron chi connectivity index (χ1n) is 11.0. The summed E-state index contributed by atoms with van der Waals surface area (Å²) < 4.78 is 6.36. The van der Waals surface area contributed by atoms with Crippen LogP contribution in [0.2, 0.25) is 0 Å². The summed E-state index contributed by atoms with van der Waals surface area (Å²) in [6.07, 6.45) is 3.06. The van der Waals surface area contributed by atoms with E-state index in [4.69, 9.17) is 10.2 Å². The van der Waals surface area contributed by atoms with Crippen LogP contribution in [0.25, 0.3) is 10.6 Å². The maximum absolute atomic E-state index is 13.7. The number of nitrogens with two attached hydrogens (primary N) is 1. The highest BCUT2D eigenvalue weighted by Gasteiger charge is 2.27. The monoisotopic (exact) mass is 499 g/mol. The van der Waals surface area contributed by atoms with Crippen molar-refractivity contribution < 1.29 is 9.21 Å². The number of amides is 1. The van der Waals surface area contributed by atoms with Gasteiger partial charge in [0.1, 0.15) is 22.8 Å². The second-order valence-electron chi connectivity index (χ2n) is 7.99. The van der Waals surface area contributed by atoms with Gasteiger partial charge in [-0.15, -0.1) is 11.3 Å². The Kier molecular flexibility index (Phi) is 6.33.